The minimum absolute atomic E-state index is 0.0441. The summed E-state index contributed by atoms with van der Waals surface area (Å²) in [7, 11) is 1.04. The SMILES string of the molecule is Cn1c([C@H]2CCS(=O)(=O)C2)nn(C[NH+](C)Cc2ccccc2)c1=S. The van der Waals surface area contributed by atoms with Crippen LogP contribution in [-0.4, -0.2) is 41.3 Å². The number of sulfone groups is 1. The van der Waals surface area contributed by atoms with Crippen LogP contribution >= 0.6 is 12.2 Å². The number of hydrogen-bond acceptors (Lipinski definition) is 4. The third kappa shape index (κ3) is 3.76. The number of hydrogen-bond donors (Lipinski definition) is 1. The van der Waals surface area contributed by atoms with E-state index in [1.807, 2.05) is 34.5 Å². The van der Waals surface area contributed by atoms with Crippen molar-refractivity contribution in [1.29, 1.82) is 0 Å². The van der Waals surface area contributed by atoms with Crippen molar-refractivity contribution in [2.75, 3.05) is 18.6 Å². The molecule has 1 aromatic carbocycles. The van der Waals surface area contributed by atoms with Gasteiger partial charge in [-0.25, -0.2) is 8.42 Å². The van der Waals surface area contributed by atoms with E-state index in [0.717, 1.165) is 12.4 Å². The van der Waals surface area contributed by atoms with Gasteiger partial charge in [0.1, 0.15) is 12.4 Å². The maximum absolute atomic E-state index is 11.7. The lowest BCUT2D eigenvalue weighted by molar-refractivity contribution is -0.917. The van der Waals surface area contributed by atoms with Gasteiger partial charge in [-0.3, -0.25) is 0 Å². The van der Waals surface area contributed by atoms with Gasteiger partial charge in [0.15, 0.2) is 16.5 Å². The molecule has 0 spiro atoms. The Morgan fingerprint density at radius 2 is 2.04 bits per heavy atom. The predicted molar refractivity (Wildman–Crippen MR) is 95.1 cm³/mol. The summed E-state index contributed by atoms with van der Waals surface area (Å²) in [5, 5.41) is 4.63. The first-order chi connectivity index (χ1) is 11.4. The van der Waals surface area contributed by atoms with E-state index in [-0.39, 0.29) is 17.4 Å². The Balaban J connectivity index is 1.75. The summed E-state index contributed by atoms with van der Waals surface area (Å²) in [5.41, 5.74) is 1.26. The Bertz CT molecular complexity index is 871. The molecule has 0 aliphatic carbocycles. The van der Waals surface area contributed by atoms with Crippen molar-refractivity contribution in [3.8, 4) is 0 Å². The lowest BCUT2D eigenvalue weighted by Gasteiger charge is -2.13. The number of nitrogens with one attached hydrogen (secondary N) is 1. The molecule has 8 heteroatoms. The van der Waals surface area contributed by atoms with E-state index in [0.29, 0.717) is 17.9 Å². The molecule has 1 unspecified atom stereocenters. The van der Waals surface area contributed by atoms with Crippen LogP contribution in [0.25, 0.3) is 0 Å². The van der Waals surface area contributed by atoms with Crippen LogP contribution in [-0.2, 0) is 30.1 Å². The van der Waals surface area contributed by atoms with Crippen molar-refractivity contribution in [2.24, 2.45) is 7.05 Å². The molecule has 2 atom stereocenters. The third-order valence-corrected chi connectivity index (χ3v) is 6.69. The monoisotopic (exact) mass is 367 g/mol. The number of nitrogens with zero attached hydrogens (tertiary/aromatic N) is 3. The van der Waals surface area contributed by atoms with Crippen molar-refractivity contribution in [3.63, 3.8) is 0 Å². The Labute approximate surface area is 147 Å². The average molecular weight is 368 g/mol. The van der Waals surface area contributed by atoms with Crippen LogP contribution in [0, 0.1) is 4.77 Å². The maximum Gasteiger partial charge on any atom is 0.202 e. The molecular weight excluding hydrogens is 344 g/mol. The first-order valence-electron chi connectivity index (χ1n) is 8.05. The molecule has 3 rings (SSSR count). The molecule has 0 saturated carbocycles. The smallest absolute Gasteiger partial charge is 0.202 e. The van der Waals surface area contributed by atoms with Gasteiger partial charge in [-0.15, -0.1) is 0 Å². The van der Waals surface area contributed by atoms with E-state index in [2.05, 4.69) is 24.3 Å². The Morgan fingerprint density at radius 3 is 2.67 bits per heavy atom. The minimum Gasteiger partial charge on any atom is -0.315 e. The number of benzene rings is 1. The number of rotatable bonds is 5. The van der Waals surface area contributed by atoms with E-state index < -0.39 is 9.84 Å². The highest BCUT2D eigenvalue weighted by atomic mass is 32.2. The molecular formula is C16H23N4O2S2+. The number of quaternary nitrogens is 1. The predicted octanol–water partition coefficient (Wildman–Crippen LogP) is 0.526. The Kier molecular flexibility index (Phi) is 4.89. The summed E-state index contributed by atoms with van der Waals surface area (Å²) in [6.45, 7) is 1.54. The van der Waals surface area contributed by atoms with Gasteiger partial charge in [0.2, 0.25) is 4.77 Å². The highest BCUT2D eigenvalue weighted by molar-refractivity contribution is 7.91. The van der Waals surface area contributed by atoms with E-state index in [1.54, 1.807) is 0 Å². The second kappa shape index (κ2) is 6.78. The van der Waals surface area contributed by atoms with Gasteiger partial charge in [-0.2, -0.15) is 9.78 Å². The second-order valence-electron chi connectivity index (χ2n) is 6.58. The second-order valence-corrected chi connectivity index (χ2v) is 9.17. The van der Waals surface area contributed by atoms with Gasteiger partial charge < -0.3 is 9.47 Å². The zero-order valence-corrected chi connectivity index (χ0v) is 15.6. The van der Waals surface area contributed by atoms with Gasteiger partial charge in [-0.05, 0) is 18.6 Å². The average Bonchev–Trinajstić information content (AvgIpc) is 3.02. The molecule has 2 aromatic rings. The quantitative estimate of drug-likeness (QED) is 0.783. The van der Waals surface area contributed by atoms with Crippen LogP contribution in [0.3, 0.4) is 0 Å². The maximum atomic E-state index is 11.7. The van der Waals surface area contributed by atoms with Crippen LogP contribution < -0.4 is 4.90 Å². The van der Waals surface area contributed by atoms with Crippen molar-refractivity contribution >= 4 is 22.1 Å². The van der Waals surface area contributed by atoms with Crippen molar-refractivity contribution in [2.45, 2.75) is 25.6 Å². The Morgan fingerprint density at radius 1 is 1.33 bits per heavy atom. The van der Waals surface area contributed by atoms with Gasteiger partial charge >= 0.3 is 0 Å². The first kappa shape index (κ1) is 17.3. The normalized spacial score (nSPS) is 21.0. The highest BCUT2D eigenvalue weighted by Gasteiger charge is 2.32. The molecule has 130 valence electrons. The van der Waals surface area contributed by atoms with Crippen molar-refractivity contribution in [1.82, 2.24) is 14.3 Å². The Hall–Kier alpha value is -1.51. The van der Waals surface area contributed by atoms with E-state index in [4.69, 9.17) is 12.2 Å². The van der Waals surface area contributed by atoms with Crippen LogP contribution in [0.15, 0.2) is 30.3 Å². The highest BCUT2D eigenvalue weighted by Crippen LogP contribution is 2.27. The summed E-state index contributed by atoms with van der Waals surface area (Å²) < 4.78 is 27.8. The molecule has 1 fully saturated rings. The molecule has 1 aromatic heterocycles. The molecule has 1 saturated heterocycles. The molecule has 1 aliphatic heterocycles. The largest absolute Gasteiger partial charge is 0.315 e. The van der Waals surface area contributed by atoms with E-state index in [1.165, 1.54) is 10.5 Å². The van der Waals surface area contributed by atoms with Crippen molar-refractivity contribution in [3.05, 3.63) is 46.5 Å². The lowest BCUT2D eigenvalue weighted by atomic mass is 10.1. The zero-order valence-electron chi connectivity index (χ0n) is 14.0. The zero-order chi connectivity index (χ0) is 17.3. The van der Waals surface area contributed by atoms with Crippen LogP contribution in [0.2, 0.25) is 0 Å². The molecule has 0 radical (unpaired) electrons. The van der Waals surface area contributed by atoms with E-state index >= 15 is 0 Å². The molecule has 6 nitrogen and oxygen atoms in total. The molecule has 2 heterocycles. The summed E-state index contributed by atoms with van der Waals surface area (Å²) >= 11 is 5.49. The molecule has 0 bridgehead atoms. The summed E-state index contributed by atoms with van der Waals surface area (Å²) in [6.07, 6.45) is 0.634. The van der Waals surface area contributed by atoms with Crippen LogP contribution in [0.1, 0.15) is 23.7 Å². The number of aromatic nitrogens is 3. The van der Waals surface area contributed by atoms with Crippen LogP contribution in [0.4, 0.5) is 0 Å². The summed E-state index contributed by atoms with van der Waals surface area (Å²) in [5.74, 6) is 1.17. The molecule has 1 aliphatic rings. The fraction of sp³-hybridized carbons (Fsp3) is 0.500. The molecule has 1 N–H and O–H groups in total. The van der Waals surface area contributed by atoms with Gasteiger partial charge in [-0.1, -0.05) is 30.3 Å². The summed E-state index contributed by atoms with van der Waals surface area (Å²) in [6, 6.07) is 10.3. The van der Waals surface area contributed by atoms with Gasteiger partial charge in [0.05, 0.1) is 18.6 Å². The fourth-order valence-corrected chi connectivity index (χ4v) is 5.16. The minimum atomic E-state index is -2.93. The topological polar surface area (TPSA) is 61.3 Å². The first-order valence-corrected chi connectivity index (χ1v) is 10.3. The van der Waals surface area contributed by atoms with Crippen LogP contribution in [0.5, 0.6) is 0 Å². The molecule has 0 amide bonds. The fourth-order valence-electron chi connectivity index (χ4n) is 3.22. The molecule has 24 heavy (non-hydrogen) atoms. The van der Waals surface area contributed by atoms with Gasteiger partial charge in [0.25, 0.3) is 0 Å². The third-order valence-electron chi connectivity index (χ3n) is 4.44. The lowest BCUT2D eigenvalue weighted by Crippen LogP contribution is -3.07. The van der Waals surface area contributed by atoms with E-state index in [9.17, 15) is 8.42 Å². The van der Waals surface area contributed by atoms with Gasteiger partial charge in [0, 0.05) is 18.5 Å². The van der Waals surface area contributed by atoms with Crippen molar-refractivity contribution < 1.29 is 13.3 Å². The standard InChI is InChI=1S/C16H22N4O2S2/c1-18(10-13-6-4-3-5-7-13)12-20-16(23)19(2)15(17-20)14-8-9-24(21,22)11-14/h3-7,14H,8-12H2,1-2H3/p+1/t14-/m0/s1. The summed E-state index contributed by atoms with van der Waals surface area (Å²) in [4.78, 5) is 1.26.